The molecule has 1 amide bonds. The second kappa shape index (κ2) is 6.69. The van der Waals surface area contributed by atoms with E-state index in [4.69, 9.17) is 4.74 Å². The lowest BCUT2D eigenvalue weighted by molar-refractivity contribution is -0.112. The van der Waals surface area contributed by atoms with Crippen molar-refractivity contribution in [3.05, 3.63) is 53.7 Å². The number of carbonyl (C=O) groups is 1. The number of fused-ring (bicyclic) bond motifs is 1. The van der Waals surface area contributed by atoms with Crippen LogP contribution < -0.4 is 10.1 Å². The van der Waals surface area contributed by atoms with Crippen LogP contribution in [0.15, 0.2) is 42.6 Å². The van der Waals surface area contributed by atoms with Crippen molar-refractivity contribution in [3.8, 4) is 17.6 Å². The third kappa shape index (κ3) is 2.89. The second-order valence-corrected chi connectivity index (χ2v) is 5.82. The van der Waals surface area contributed by atoms with Crippen LogP contribution >= 0.6 is 0 Å². The van der Waals surface area contributed by atoms with Crippen LogP contribution in [0.5, 0.6) is 5.75 Å². The number of benzene rings is 1. The molecule has 0 saturated heterocycles. The molecule has 0 atom stereocenters. The summed E-state index contributed by atoms with van der Waals surface area (Å²) < 4.78 is 6.83. The highest BCUT2D eigenvalue weighted by molar-refractivity contribution is 6.03. The Bertz CT molecular complexity index is 1080. The van der Waals surface area contributed by atoms with Crippen LogP contribution in [0.1, 0.15) is 18.1 Å². The van der Waals surface area contributed by atoms with Gasteiger partial charge in [-0.2, -0.15) is 15.0 Å². The molecule has 1 N–H and O–H groups in total. The Hall–Kier alpha value is -3.66. The molecule has 130 valence electrons. The molecule has 2 aromatic heterocycles. The van der Waals surface area contributed by atoms with Crippen molar-refractivity contribution in [2.45, 2.75) is 13.8 Å². The Morgan fingerprint density at radius 3 is 2.85 bits per heavy atom. The number of anilines is 1. The summed E-state index contributed by atoms with van der Waals surface area (Å²) in [6, 6.07) is 9.54. The summed E-state index contributed by atoms with van der Waals surface area (Å²) >= 11 is 0. The minimum atomic E-state index is -0.390. The Kier molecular flexibility index (Phi) is 4.42. The van der Waals surface area contributed by atoms with Crippen molar-refractivity contribution >= 4 is 22.6 Å². The average molecular weight is 347 g/mol. The maximum Gasteiger partial charge on any atom is 0.251 e. The monoisotopic (exact) mass is 347 g/mol. The van der Waals surface area contributed by atoms with Crippen molar-refractivity contribution in [3.63, 3.8) is 0 Å². The molecule has 0 spiro atoms. The van der Waals surface area contributed by atoms with Gasteiger partial charge in [0.25, 0.3) is 5.91 Å². The van der Waals surface area contributed by atoms with Gasteiger partial charge >= 0.3 is 0 Å². The molecular formula is C19H17N5O2. The number of nitriles is 1. The van der Waals surface area contributed by atoms with Crippen LogP contribution in [0.4, 0.5) is 5.82 Å². The zero-order valence-electron chi connectivity index (χ0n) is 14.7. The number of pyridine rings is 1. The molecule has 0 unspecified atom stereocenters. The summed E-state index contributed by atoms with van der Waals surface area (Å²) in [5.41, 5.74) is 2.21. The predicted molar refractivity (Wildman–Crippen MR) is 98.3 cm³/mol. The fraction of sp³-hybridized carbons (Fsp3) is 0.158. The Balaban J connectivity index is 2.21. The summed E-state index contributed by atoms with van der Waals surface area (Å²) in [7, 11) is 1.58. The molecule has 2 heterocycles. The standard InChI is InChI=1S/C19H17N5O2/c1-11(2)19(25)23-18-13(9-20)10-21-24(18)16-8-12(3)14-6-5-7-15(26-4)17(14)22-16/h5-8,10H,1H2,2-4H3,(H,23,25). The molecular weight excluding hydrogens is 330 g/mol. The van der Waals surface area contributed by atoms with Gasteiger partial charge in [-0.15, -0.1) is 0 Å². The Morgan fingerprint density at radius 1 is 1.42 bits per heavy atom. The van der Waals surface area contributed by atoms with Crippen LogP contribution in [-0.4, -0.2) is 27.8 Å². The minimum Gasteiger partial charge on any atom is -0.494 e. The number of nitrogens with one attached hydrogen (secondary N) is 1. The number of carbonyl (C=O) groups excluding carboxylic acids is 1. The molecule has 0 bridgehead atoms. The molecule has 7 nitrogen and oxygen atoms in total. The molecule has 0 aliphatic rings. The van der Waals surface area contributed by atoms with E-state index in [0.29, 0.717) is 22.7 Å². The third-order valence-electron chi connectivity index (χ3n) is 3.94. The molecule has 1 aromatic carbocycles. The number of amides is 1. The highest BCUT2D eigenvalue weighted by Crippen LogP contribution is 2.29. The lowest BCUT2D eigenvalue weighted by Gasteiger charge is -2.12. The van der Waals surface area contributed by atoms with Crippen LogP contribution in [0.25, 0.3) is 16.7 Å². The molecule has 0 radical (unpaired) electrons. The molecule has 3 aromatic rings. The average Bonchev–Trinajstić information content (AvgIpc) is 3.03. The van der Waals surface area contributed by atoms with Crippen molar-refractivity contribution in [1.29, 1.82) is 5.26 Å². The highest BCUT2D eigenvalue weighted by atomic mass is 16.5. The van der Waals surface area contributed by atoms with E-state index in [-0.39, 0.29) is 11.4 Å². The summed E-state index contributed by atoms with van der Waals surface area (Å²) in [5, 5.41) is 17.2. The van der Waals surface area contributed by atoms with E-state index >= 15 is 0 Å². The topological polar surface area (TPSA) is 92.8 Å². The molecule has 3 rings (SSSR count). The van der Waals surface area contributed by atoms with Gasteiger partial charge in [0, 0.05) is 11.0 Å². The number of hydrogen-bond acceptors (Lipinski definition) is 5. The predicted octanol–water partition coefficient (Wildman–Crippen LogP) is 3.12. The maximum atomic E-state index is 12.0. The van der Waals surface area contributed by atoms with Crippen LogP contribution in [0.3, 0.4) is 0 Å². The van der Waals surface area contributed by atoms with Gasteiger partial charge in [-0.3, -0.25) is 4.79 Å². The molecule has 0 aliphatic carbocycles. The normalized spacial score (nSPS) is 10.4. The maximum absolute atomic E-state index is 12.0. The van der Waals surface area contributed by atoms with E-state index in [1.165, 1.54) is 10.9 Å². The number of aromatic nitrogens is 3. The largest absolute Gasteiger partial charge is 0.494 e. The van der Waals surface area contributed by atoms with Gasteiger partial charge in [-0.1, -0.05) is 18.7 Å². The van der Waals surface area contributed by atoms with E-state index in [9.17, 15) is 10.1 Å². The minimum absolute atomic E-state index is 0.235. The first kappa shape index (κ1) is 17.2. The molecule has 7 heteroatoms. The zero-order valence-corrected chi connectivity index (χ0v) is 14.7. The number of methoxy groups -OCH3 is 1. The van der Waals surface area contributed by atoms with E-state index in [1.54, 1.807) is 14.0 Å². The fourth-order valence-electron chi connectivity index (χ4n) is 2.59. The number of para-hydroxylation sites is 1. The number of ether oxygens (including phenoxy) is 1. The van der Waals surface area contributed by atoms with Crippen LogP contribution in [0.2, 0.25) is 0 Å². The lowest BCUT2D eigenvalue weighted by atomic mass is 10.1. The Labute approximate surface area is 150 Å². The smallest absolute Gasteiger partial charge is 0.251 e. The van der Waals surface area contributed by atoms with Crippen LogP contribution in [0, 0.1) is 18.3 Å². The van der Waals surface area contributed by atoms with Gasteiger partial charge in [0.15, 0.2) is 11.6 Å². The van der Waals surface area contributed by atoms with E-state index in [0.717, 1.165) is 10.9 Å². The van der Waals surface area contributed by atoms with Gasteiger partial charge < -0.3 is 10.1 Å². The molecule has 0 aliphatic heterocycles. The first-order valence-electron chi connectivity index (χ1n) is 7.86. The van der Waals surface area contributed by atoms with Gasteiger partial charge in [-0.25, -0.2) is 4.98 Å². The van der Waals surface area contributed by atoms with Crippen molar-refractivity contribution in [2.75, 3.05) is 12.4 Å². The van der Waals surface area contributed by atoms with E-state index < -0.39 is 5.91 Å². The quantitative estimate of drug-likeness (QED) is 0.732. The van der Waals surface area contributed by atoms with Gasteiger partial charge in [-0.05, 0) is 31.5 Å². The molecule has 26 heavy (non-hydrogen) atoms. The molecule has 0 fully saturated rings. The SMILES string of the molecule is C=C(C)C(=O)Nc1c(C#N)cnn1-c1cc(C)c2cccc(OC)c2n1. The fourth-order valence-corrected chi connectivity index (χ4v) is 2.59. The summed E-state index contributed by atoms with van der Waals surface area (Å²) in [5.74, 6) is 0.964. The lowest BCUT2D eigenvalue weighted by Crippen LogP contribution is -2.16. The summed E-state index contributed by atoms with van der Waals surface area (Å²) in [6.45, 7) is 7.16. The highest BCUT2D eigenvalue weighted by Gasteiger charge is 2.18. The summed E-state index contributed by atoms with van der Waals surface area (Å²) in [6.07, 6.45) is 1.39. The number of rotatable bonds is 4. The van der Waals surface area contributed by atoms with Gasteiger partial charge in [0.1, 0.15) is 22.9 Å². The zero-order chi connectivity index (χ0) is 18.8. The van der Waals surface area contributed by atoms with Crippen molar-refractivity contribution in [2.24, 2.45) is 0 Å². The second-order valence-electron chi connectivity index (χ2n) is 5.82. The van der Waals surface area contributed by atoms with Crippen molar-refractivity contribution in [1.82, 2.24) is 14.8 Å². The van der Waals surface area contributed by atoms with E-state index in [2.05, 4.69) is 22.0 Å². The van der Waals surface area contributed by atoms with Gasteiger partial charge in [0.05, 0.1) is 13.3 Å². The third-order valence-corrected chi connectivity index (χ3v) is 3.94. The van der Waals surface area contributed by atoms with Crippen LogP contribution in [-0.2, 0) is 4.79 Å². The number of aryl methyl sites for hydroxylation is 1. The van der Waals surface area contributed by atoms with Gasteiger partial charge in [0.2, 0.25) is 0 Å². The van der Waals surface area contributed by atoms with E-state index in [1.807, 2.05) is 37.3 Å². The Morgan fingerprint density at radius 2 is 2.19 bits per heavy atom. The number of hydrogen-bond donors (Lipinski definition) is 1. The number of nitrogens with zero attached hydrogens (tertiary/aromatic N) is 4. The first-order valence-corrected chi connectivity index (χ1v) is 7.86. The summed E-state index contributed by atoms with van der Waals surface area (Å²) in [4.78, 5) is 16.7. The van der Waals surface area contributed by atoms with Crippen molar-refractivity contribution < 1.29 is 9.53 Å². The first-order chi connectivity index (χ1) is 12.5. The molecule has 0 saturated carbocycles.